The highest BCUT2D eigenvalue weighted by atomic mass is 35.5. The van der Waals surface area contributed by atoms with Crippen LogP contribution in [-0.4, -0.2) is 42.9 Å². The smallest absolute Gasteiger partial charge is 0.164 e. The van der Waals surface area contributed by atoms with Gasteiger partial charge in [-0.3, -0.25) is 4.99 Å². The molecule has 2 aliphatic heterocycles. The third-order valence-corrected chi connectivity index (χ3v) is 6.77. The molecule has 3 rings (SSSR count). The van der Waals surface area contributed by atoms with Crippen LogP contribution in [0.5, 0.6) is 0 Å². The second-order valence-electron chi connectivity index (χ2n) is 5.72. The quantitative estimate of drug-likeness (QED) is 0.781. The molecular weight excluding hydrogens is 340 g/mol. The third kappa shape index (κ3) is 3.19. The van der Waals surface area contributed by atoms with Crippen LogP contribution in [0.15, 0.2) is 41.4 Å². The molecule has 22 heavy (non-hydrogen) atoms. The Balaban J connectivity index is 1.95. The van der Waals surface area contributed by atoms with Gasteiger partial charge in [0.25, 0.3) is 0 Å². The van der Waals surface area contributed by atoms with Crippen molar-refractivity contribution in [2.24, 2.45) is 4.99 Å². The minimum absolute atomic E-state index is 0.129. The fourth-order valence-corrected chi connectivity index (χ4v) is 5.74. The molecule has 0 unspecified atom stereocenters. The van der Waals surface area contributed by atoms with E-state index < -0.39 is 9.84 Å². The van der Waals surface area contributed by atoms with Gasteiger partial charge in [0, 0.05) is 16.5 Å². The first-order chi connectivity index (χ1) is 10.4. The number of amidine groups is 1. The van der Waals surface area contributed by atoms with Crippen molar-refractivity contribution in [2.45, 2.75) is 19.0 Å². The Morgan fingerprint density at radius 3 is 2.95 bits per heavy atom. The van der Waals surface area contributed by atoms with Crippen molar-refractivity contribution in [3.05, 3.63) is 41.4 Å². The predicted molar refractivity (Wildman–Crippen MR) is 94.9 cm³/mol. The van der Waals surface area contributed by atoms with Crippen molar-refractivity contribution in [1.82, 2.24) is 0 Å². The lowest BCUT2D eigenvalue weighted by Crippen LogP contribution is -2.39. The van der Waals surface area contributed by atoms with Crippen molar-refractivity contribution in [2.75, 3.05) is 22.2 Å². The van der Waals surface area contributed by atoms with Crippen LogP contribution in [0.2, 0.25) is 5.02 Å². The molecule has 1 aromatic rings. The van der Waals surface area contributed by atoms with Crippen molar-refractivity contribution in [3.63, 3.8) is 0 Å². The molecule has 0 spiro atoms. The molecule has 0 amide bonds. The van der Waals surface area contributed by atoms with Crippen molar-refractivity contribution in [1.29, 1.82) is 0 Å². The highest BCUT2D eigenvalue weighted by Crippen LogP contribution is 2.36. The van der Waals surface area contributed by atoms with E-state index in [1.807, 2.05) is 36.1 Å². The molecule has 1 aromatic carbocycles. The SMILES string of the molecule is C=C(C)CSC1=N[C@H]2CS(=O)(=O)C[C@H]2N1c1cccc(Cl)c1. The Morgan fingerprint density at radius 2 is 2.27 bits per heavy atom. The van der Waals surface area contributed by atoms with E-state index in [2.05, 4.69) is 11.6 Å². The van der Waals surface area contributed by atoms with Crippen molar-refractivity contribution >= 4 is 44.1 Å². The normalized spacial score (nSPS) is 25.9. The molecule has 1 saturated heterocycles. The summed E-state index contributed by atoms with van der Waals surface area (Å²) in [6, 6.07) is 7.16. The van der Waals surface area contributed by atoms with Crippen LogP contribution in [-0.2, 0) is 9.84 Å². The summed E-state index contributed by atoms with van der Waals surface area (Å²) in [7, 11) is -3.02. The Labute approximate surface area is 140 Å². The summed E-state index contributed by atoms with van der Waals surface area (Å²) < 4.78 is 23.8. The van der Waals surface area contributed by atoms with Crippen LogP contribution in [0.3, 0.4) is 0 Å². The summed E-state index contributed by atoms with van der Waals surface area (Å²) in [5, 5.41) is 1.49. The highest BCUT2D eigenvalue weighted by molar-refractivity contribution is 8.14. The summed E-state index contributed by atoms with van der Waals surface area (Å²) >= 11 is 7.69. The maximum absolute atomic E-state index is 11.9. The Morgan fingerprint density at radius 1 is 1.50 bits per heavy atom. The summed E-state index contributed by atoms with van der Waals surface area (Å²) in [4.78, 5) is 6.67. The Hall–Kier alpha value is -0.980. The molecule has 2 heterocycles. The molecule has 2 atom stereocenters. The molecule has 0 radical (unpaired) electrons. The van der Waals surface area contributed by atoms with Gasteiger partial charge in [0.1, 0.15) is 0 Å². The Bertz CT molecular complexity index is 746. The number of benzene rings is 1. The van der Waals surface area contributed by atoms with E-state index in [1.54, 1.807) is 11.8 Å². The van der Waals surface area contributed by atoms with Gasteiger partial charge in [-0.15, -0.1) is 0 Å². The average molecular weight is 357 g/mol. The first-order valence-electron chi connectivity index (χ1n) is 6.96. The van der Waals surface area contributed by atoms with Crippen LogP contribution >= 0.6 is 23.4 Å². The number of fused-ring (bicyclic) bond motifs is 1. The van der Waals surface area contributed by atoms with Gasteiger partial charge < -0.3 is 4.90 Å². The summed E-state index contributed by atoms with van der Waals surface area (Å²) in [5.41, 5.74) is 1.95. The largest absolute Gasteiger partial charge is 0.315 e. The topological polar surface area (TPSA) is 49.7 Å². The van der Waals surface area contributed by atoms with E-state index >= 15 is 0 Å². The fourth-order valence-electron chi connectivity index (χ4n) is 2.75. The minimum atomic E-state index is -3.02. The number of aliphatic imine (C=N–C) groups is 1. The molecule has 0 aromatic heterocycles. The number of hydrogen-bond acceptors (Lipinski definition) is 5. The van der Waals surface area contributed by atoms with Crippen molar-refractivity contribution in [3.8, 4) is 0 Å². The van der Waals surface area contributed by atoms with Gasteiger partial charge in [-0.2, -0.15) is 0 Å². The van der Waals surface area contributed by atoms with Crippen LogP contribution in [0.4, 0.5) is 5.69 Å². The van der Waals surface area contributed by atoms with Gasteiger partial charge in [0.2, 0.25) is 0 Å². The second kappa shape index (κ2) is 5.91. The zero-order valence-corrected chi connectivity index (χ0v) is 14.6. The second-order valence-corrected chi connectivity index (χ2v) is 9.25. The Kier molecular flexibility index (Phi) is 4.27. The zero-order chi connectivity index (χ0) is 15.9. The maximum Gasteiger partial charge on any atom is 0.164 e. The molecule has 1 fully saturated rings. The van der Waals surface area contributed by atoms with Gasteiger partial charge in [-0.25, -0.2) is 8.42 Å². The molecule has 0 N–H and O–H groups in total. The zero-order valence-electron chi connectivity index (χ0n) is 12.2. The number of nitrogens with zero attached hydrogens (tertiary/aromatic N) is 2. The van der Waals surface area contributed by atoms with Crippen LogP contribution < -0.4 is 4.90 Å². The summed E-state index contributed by atoms with van der Waals surface area (Å²) in [6.45, 7) is 5.88. The molecule has 2 aliphatic rings. The van der Waals surface area contributed by atoms with Crippen LogP contribution in [0.25, 0.3) is 0 Å². The predicted octanol–water partition coefficient (Wildman–Crippen LogP) is 2.99. The lowest BCUT2D eigenvalue weighted by molar-refractivity contribution is 0.601. The fraction of sp³-hybridized carbons (Fsp3) is 0.400. The minimum Gasteiger partial charge on any atom is -0.315 e. The van der Waals surface area contributed by atoms with E-state index in [1.165, 1.54) is 0 Å². The van der Waals surface area contributed by atoms with Crippen LogP contribution in [0, 0.1) is 0 Å². The molecule has 0 aliphatic carbocycles. The molecule has 4 nitrogen and oxygen atoms in total. The van der Waals surface area contributed by atoms with Gasteiger partial charge in [-0.1, -0.05) is 41.6 Å². The maximum atomic E-state index is 11.9. The van der Waals surface area contributed by atoms with E-state index in [0.717, 1.165) is 22.2 Å². The number of rotatable bonds is 3. The number of hydrogen-bond donors (Lipinski definition) is 0. The lowest BCUT2D eigenvalue weighted by atomic mass is 10.1. The van der Waals surface area contributed by atoms with Gasteiger partial charge >= 0.3 is 0 Å². The van der Waals surface area contributed by atoms with Gasteiger partial charge in [0.05, 0.1) is 23.6 Å². The molecule has 0 saturated carbocycles. The van der Waals surface area contributed by atoms with Gasteiger partial charge in [-0.05, 0) is 25.1 Å². The third-order valence-electron chi connectivity index (χ3n) is 3.64. The van der Waals surface area contributed by atoms with E-state index in [9.17, 15) is 8.42 Å². The summed E-state index contributed by atoms with van der Waals surface area (Å²) in [5.74, 6) is 1.04. The standard InChI is InChI=1S/C15H17ClN2O2S2/c1-10(2)7-21-15-17-13-8-22(19,20)9-14(13)18(15)12-5-3-4-11(16)6-12/h3-6,13-14H,1,7-9H2,2H3/t13-,14+/m0/s1. The lowest BCUT2D eigenvalue weighted by Gasteiger charge is -2.26. The number of thioether (sulfide) groups is 1. The number of anilines is 1. The molecule has 7 heteroatoms. The monoisotopic (exact) mass is 356 g/mol. The molecule has 118 valence electrons. The van der Waals surface area contributed by atoms with Crippen LogP contribution in [0.1, 0.15) is 6.92 Å². The summed E-state index contributed by atoms with van der Waals surface area (Å²) in [6.07, 6.45) is 0. The van der Waals surface area contributed by atoms with E-state index in [4.69, 9.17) is 11.6 Å². The number of sulfone groups is 1. The van der Waals surface area contributed by atoms with Gasteiger partial charge in [0.15, 0.2) is 15.0 Å². The molecule has 0 bridgehead atoms. The average Bonchev–Trinajstić information content (AvgIpc) is 2.87. The first-order valence-corrected chi connectivity index (χ1v) is 10.1. The van der Waals surface area contributed by atoms with E-state index in [0.29, 0.717) is 5.02 Å². The first kappa shape index (κ1) is 15.9. The van der Waals surface area contributed by atoms with E-state index in [-0.39, 0.29) is 23.6 Å². The molecular formula is C15H17ClN2O2S2. The number of halogens is 1. The highest BCUT2D eigenvalue weighted by Gasteiger charge is 2.47. The van der Waals surface area contributed by atoms with Crippen molar-refractivity contribution < 1.29 is 8.42 Å².